The van der Waals surface area contributed by atoms with Crippen LogP contribution in [0.25, 0.3) is 11.1 Å². The summed E-state index contributed by atoms with van der Waals surface area (Å²) in [4.78, 5) is 12.2. The number of rotatable bonds is 5. The molecule has 1 amide bonds. The van der Waals surface area contributed by atoms with E-state index in [9.17, 15) is 4.79 Å². The first kappa shape index (κ1) is 18.8. The standard InChI is InChI=1S/C23H18BrNO2/c24-21-9-6-10-22(17-21)27-16-5-4-15-25-23(26)20-13-11-19(12-14-20)18-7-2-1-3-8-18/h1-3,6-14,17H,15-16H2,(H,25,26). The van der Waals surface area contributed by atoms with Gasteiger partial charge < -0.3 is 10.1 Å². The Kier molecular flexibility index (Phi) is 6.67. The van der Waals surface area contributed by atoms with Crippen LogP contribution in [0.15, 0.2) is 83.3 Å². The molecule has 134 valence electrons. The number of amides is 1. The normalized spacial score (nSPS) is 9.81. The quantitative estimate of drug-likeness (QED) is 0.595. The fourth-order valence-electron chi connectivity index (χ4n) is 2.46. The Bertz CT molecular complexity index is 957. The highest BCUT2D eigenvalue weighted by Gasteiger charge is 2.04. The molecule has 0 aliphatic rings. The Morgan fingerprint density at radius 2 is 1.63 bits per heavy atom. The molecule has 27 heavy (non-hydrogen) atoms. The third kappa shape index (κ3) is 5.73. The van der Waals surface area contributed by atoms with E-state index in [0.717, 1.165) is 21.3 Å². The largest absolute Gasteiger partial charge is 0.481 e. The minimum atomic E-state index is -0.142. The van der Waals surface area contributed by atoms with Crippen molar-refractivity contribution in [2.24, 2.45) is 0 Å². The van der Waals surface area contributed by atoms with Gasteiger partial charge in [0, 0.05) is 10.0 Å². The third-order valence-corrected chi connectivity index (χ3v) is 4.32. The number of nitrogens with one attached hydrogen (secondary N) is 1. The van der Waals surface area contributed by atoms with Gasteiger partial charge in [-0.3, -0.25) is 4.79 Å². The van der Waals surface area contributed by atoms with Crippen molar-refractivity contribution in [2.75, 3.05) is 13.2 Å². The van der Waals surface area contributed by atoms with Crippen LogP contribution in [0, 0.1) is 11.8 Å². The summed E-state index contributed by atoms with van der Waals surface area (Å²) >= 11 is 3.39. The lowest BCUT2D eigenvalue weighted by molar-refractivity contribution is 0.0958. The second kappa shape index (κ2) is 9.61. The second-order valence-corrected chi connectivity index (χ2v) is 6.64. The molecular formula is C23H18BrNO2. The van der Waals surface area contributed by atoms with Crippen LogP contribution in [0.1, 0.15) is 10.4 Å². The van der Waals surface area contributed by atoms with Gasteiger partial charge in [-0.15, -0.1) is 0 Å². The molecule has 4 heteroatoms. The molecule has 3 rings (SSSR count). The van der Waals surface area contributed by atoms with E-state index < -0.39 is 0 Å². The van der Waals surface area contributed by atoms with E-state index in [4.69, 9.17) is 4.74 Å². The van der Waals surface area contributed by atoms with E-state index in [2.05, 4.69) is 33.1 Å². The van der Waals surface area contributed by atoms with E-state index in [0.29, 0.717) is 5.56 Å². The Balaban J connectivity index is 1.46. The van der Waals surface area contributed by atoms with Crippen LogP contribution < -0.4 is 10.1 Å². The van der Waals surface area contributed by atoms with E-state index >= 15 is 0 Å². The molecule has 0 atom stereocenters. The first-order chi connectivity index (χ1) is 13.2. The average molecular weight is 420 g/mol. The Hall–Kier alpha value is -3.03. The summed E-state index contributed by atoms with van der Waals surface area (Å²) in [5.41, 5.74) is 2.82. The molecule has 3 nitrogen and oxygen atoms in total. The molecule has 1 N–H and O–H groups in total. The maximum absolute atomic E-state index is 12.2. The molecular weight excluding hydrogens is 402 g/mol. The molecule has 0 saturated heterocycles. The average Bonchev–Trinajstić information content (AvgIpc) is 2.71. The van der Waals surface area contributed by atoms with Crippen molar-refractivity contribution < 1.29 is 9.53 Å². The SMILES string of the molecule is O=C(NCC#CCOc1cccc(Br)c1)c1ccc(-c2ccccc2)cc1. The molecule has 0 unspecified atom stereocenters. The molecule has 0 bridgehead atoms. The van der Waals surface area contributed by atoms with E-state index in [1.165, 1.54) is 0 Å². The van der Waals surface area contributed by atoms with Crippen molar-refractivity contribution >= 4 is 21.8 Å². The van der Waals surface area contributed by atoms with Crippen molar-refractivity contribution in [1.29, 1.82) is 0 Å². The summed E-state index contributed by atoms with van der Waals surface area (Å²) in [5, 5.41) is 2.79. The van der Waals surface area contributed by atoms with Gasteiger partial charge in [0.1, 0.15) is 12.4 Å². The van der Waals surface area contributed by atoms with Crippen molar-refractivity contribution in [3.05, 3.63) is 88.9 Å². The lowest BCUT2D eigenvalue weighted by Gasteiger charge is -2.04. The number of halogens is 1. The zero-order valence-electron chi connectivity index (χ0n) is 14.6. The van der Waals surface area contributed by atoms with Gasteiger partial charge in [-0.1, -0.05) is 76.3 Å². The van der Waals surface area contributed by atoms with Crippen molar-refractivity contribution in [2.45, 2.75) is 0 Å². The maximum atomic E-state index is 12.2. The maximum Gasteiger partial charge on any atom is 0.252 e. The minimum Gasteiger partial charge on any atom is -0.481 e. The molecule has 0 saturated carbocycles. The van der Waals surface area contributed by atoms with Gasteiger partial charge in [0.15, 0.2) is 0 Å². The lowest BCUT2D eigenvalue weighted by Crippen LogP contribution is -2.23. The Morgan fingerprint density at radius 1 is 0.889 bits per heavy atom. The van der Waals surface area contributed by atoms with Crippen LogP contribution in [-0.2, 0) is 0 Å². The van der Waals surface area contributed by atoms with Gasteiger partial charge in [0.25, 0.3) is 5.91 Å². The van der Waals surface area contributed by atoms with Crippen molar-refractivity contribution in [3.8, 4) is 28.7 Å². The number of carbonyl (C=O) groups excluding carboxylic acids is 1. The zero-order valence-corrected chi connectivity index (χ0v) is 16.2. The van der Waals surface area contributed by atoms with Gasteiger partial charge in [0.05, 0.1) is 6.54 Å². The smallest absolute Gasteiger partial charge is 0.252 e. The predicted molar refractivity (Wildman–Crippen MR) is 112 cm³/mol. The van der Waals surface area contributed by atoms with E-state index in [-0.39, 0.29) is 19.1 Å². The summed E-state index contributed by atoms with van der Waals surface area (Å²) in [5.74, 6) is 6.39. The van der Waals surface area contributed by atoms with Gasteiger partial charge >= 0.3 is 0 Å². The van der Waals surface area contributed by atoms with Gasteiger partial charge in [-0.25, -0.2) is 0 Å². The first-order valence-electron chi connectivity index (χ1n) is 8.50. The topological polar surface area (TPSA) is 38.3 Å². The molecule has 3 aromatic rings. The van der Waals surface area contributed by atoms with Crippen LogP contribution in [0.5, 0.6) is 5.75 Å². The van der Waals surface area contributed by atoms with Crippen molar-refractivity contribution in [3.63, 3.8) is 0 Å². The van der Waals surface area contributed by atoms with Gasteiger partial charge in [0.2, 0.25) is 0 Å². The monoisotopic (exact) mass is 419 g/mol. The number of carbonyl (C=O) groups is 1. The van der Waals surface area contributed by atoms with Crippen molar-refractivity contribution in [1.82, 2.24) is 5.32 Å². The highest BCUT2D eigenvalue weighted by molar-refractivity contribution is 9.10. The molecule has 0 radical (unpaired) electrons. The predicted octanol–water partition coefficient (Wildman–Crippen LogP) is 4.93. The number of benzene rings is 3. The zero-order chi connectivity index (χ0) is 18.9. The summed E-state index contributed by atoms with van der Waals surface area (Å²) in [6.45, 7) is 0.555. The van der Waals surface area contributed by atoms with Crippen LogP contribution in [0.2, 0.25) is 0 Å². The highest BCUT2D eigenvalue weighted by atomic mass is 79.9. The Labute approximate surface area is 167 Å². The van der Waals surface area contributed by atoms with Gasteiger partial charge in [-0.2, -0.15) is 0 Å². The molecule has 0 aromatic heterocycles. The lowest BCUT2D eigenvalue weighted by atomic mass is 10.0. The molecule has 0 aliphatic heterocycles. The summed E-state index contributed by atoms with van der Waals surface area (Å²) in [7, 11) is 0. The summed E-state index contributed by atoms with van der Waals surface area (Å²) in [6, 6.07) is 25.2. The second-order valence-electron chi connectivity index (χ2n) is 5.73. The van der Waals surface area contributed by atoms with Gasteiger partial charge in [-0.05, 0) is 41.5 Å². The molecule has 3 aromatic carbocycles. The fraction of sp³-hybridized carbons (Fsp3) is 0.0870. The third-order valence-electron chi connectivity index (χ3n) is 3.82. The molecule has 0 heterocycles. The number of hydrogen-bond donors (Lipinski definition) is 1. The number of ether oxygens (including phenoxy) is 1. The minimum absolute atomic E-state index is 0.142. The molecule has 0 aliphatic carbocycles. The first-order valence-corrected chi connectivity index (χ1v) is 9.29. The van der Waals surface area contributed by atoms with Crippen LogP contribution in [-0.4, -0.2) is 19.1 Å². The van der Waals surface area contributed by atoms with Crippen LogP contribution >= 0.6 is 15.9 Å². The Morgan fingerprint density at radius 3 is 2.37 bits per heavy atom. The summed E-state index contributed by atoms with van der Waals surface area (Å²) < 4.78 is 6.47. The molecule has 0 fully saturated rings. The fourth-order valence-corrected chi connectivity index (χ4v) is 2.84. The van der Waals surface area contributed by atoms with E-state index in [1.807, 2.05) is 78.9 Å². The number of hydrogen-bond acceptors (Lipinski definition) is 2. The highest BCUT2D eigenvalue weighted by Crippen LogP contribution is 2.19. The van der Waals surface area contributed by atoms with Crippen LogP contribution in [0.4, 0.5) is 0 Å². The van der Waals surface area contributed by atoms with E-state index in [1.54, 1.807) is 0 Å². The summed E-state index contributed by atoms with van der Waals surface area (Å²) in [6.07, 6.45) is 0. The molecule has 0 spiro atoms. The van der Waals surface area contributed by atoms with Crippen LogP contribution in [0.3, 0.4) is 0 Å².